The number of rotatable bonds is 4. The lowest BCUT2D eigenvalue weighted by molar-refractivity contribution is 0.373. The second kappa shape index (κ2) is 5.25. The van der Waals surface area contributed by atoms with Gasteiger partial charge in [0.25, 0.3) is 0 Å². The molecule has 0 aliphatic heterocycles. The molecule has 2 aromatic rings. The Balaban J connectivity index is 2.55. The monoisotopic (exact) mass is 244 g/mol. The van der Waals surface area contributed by atoms with E-state index in [0.29, 0.717) is 5.88 Å². The van der Waals surface area contributed by atoms with Gasteiger partial charge in [0.2, 0.25) is 5.88 Å². The lowest BCUT2D eigenvalue weighted by Gasteiger charge is -2.06. The first-order valence-electron chi connectivity index (χ1n) is 6.51. The molecular formula is C15H20N2O. The summed E-state index contributed by atoms with van der Waals surface area (Å²) in [6.07, 6.45) is 1.85. The standard InChI is InChI=1S/C15H20N2O/c1-4-8-13-14(12-9-6-5-7-10-12)16-17(11(2)3)15(13)18/h5-7,9-11,18H,4,8H2,1-3H3. The van der Waals surface area contributed by atoms with Crippen LogP contribution in [0, 0.1) is 0 Å². The third-order valence-electron chi connectivity index (χ3n) is 3.02. The molecule has 0 saturated carbocycles. The molecule has 1 N–H and O–H groups in total. The molecule has 1 aromatic heterocycles. The Morgan fingerprint density at radius 2 is 1.89 bits per heavy atom. The highest BCUT2D eigenvalue weighted by Crippen LogP contribution is 2.32. The summed E-state index contributed by atoms with van der Waals surface area (Å²) in [6, 6.07) is 10.2. The Bertz CT molecular complexity index is 515. The average Bonchev–Trinajstić information content (AvgIpc) is 2.69. The number of aromatic hydroxyl groups is 1. The predicted molar refractivity (Wildman–Crippen MR) is 73.7 cm³/mol. The fourth-order valence-electron chi connectivity index (χ4n) is 2.13. The number of nitrogens with zero attached hydrogens (tertiary/aromatic N) is 2. The van der Waals surface area contributed by atoms with Crippen LogP contribution in [-0.4, -0.2) is 14.9 Å². The van der Waals surface area contributed by atoms with E-state index in [1.54, 1.807) is 4.68 Å². The zero-order valence-electron chi connectivity index (χ0n) is 11.2. The minimum atomic E-state index is 0.165. The first-order chi connectivity index (χ1) is 8.65. The minimum Gasteiger partial charge on any atom is -0.493 e. The fourth-order valence-corrected chi connectivity index (χ4v) is 2.13. The van der Waals surface area contributed by atoms with E-state index in [9.17, 15) is 5.11 Å². The van der Waals surface area contributed by atoms with E-state index in [1.165, 1.54) is 0 Å². The van der Waals surface area contributed by atoms with Crippen LogP contribution in [0.5, 0.6) is 5.88 Å². The highest BCUT2D eigenvalue weighted by atomic mass is 16.3. The molecule has 1 heterocycles. The van der Waals surface area contributed by atoms with Crippen LogP contribution in [0.25, 0.3) is 11.3 Å². The van der Waals surface area contributed by atoms with Gasteiger partial charge >= 0.3 is 0 Å². The van der Waals surface area contributed by atoms with Crippen LogP contribution in [0.3, 0.4) is 0 Å². The van der Waals surface area contributed by atoms with Crippen LogP contribution < -0.4 is 0 Å². The summed E-state index contributed by atoms with van der Waals surface area (Å²) < 4.78 is 1.70. The second-order valence-corrected chi connectivity index (χ2v) is 4.81. The molecule has 0 amide bonds. The first kappa shape index (κ1) is 12.7. The molecule has 1 aromatic carbocycles. The Morgan fingerprint density at radius 1 is 1.22 bits per heavy atom. The number of aromatic nitrogens is 2. The highest BCUT2D eigenvalue weighted by Gasteiger charge is 2.18. The Kier molecular flexibility index (Phi) is 3.70. The SMILES string of the molecule is CCCc1c(-c2ccccc2)nn(C(C)C)c1O. The van der Waals surface area contributed by atoms with Crippen molar-refractivity contribution in [3.05, 3.63) is 35.9 Å². The van der Waals surface area contributed by atoms with Crippen LogP contribution in [0.1, 0.15) is 38.8 Å². The maximum atomic E-state index is 10.3. The molecule has 0 radical (unpaired) electrons. The molecule has 18 heavy (non-hydrogen) atoms. The fraction of sp³-hybridized carbons (Fsp3) is 0.400. The molecule has 2 rings (SSSR count). The van der Waals surface area contributed by atoms with Gasteiger partial charge in [0.1, 0.15) is 0 Å². The number of benzene rings is 1. The van der Waals surface area contributed by atoms with Crippen LogP contribution >= 0.6 is 0 Å². The Hall–Kier alpha value is -1.77. The first-order valence-corrected chi connectivity index (χ1v) is 6.51. The van der Waals surface area contributed by atoms with Gasteiger partial charge in [0, 0.05) is 11.1 Å². The van der Waals surface area contributed by atoms with Crippen molar-refractivity contribution in [3.8, 4) is 17.1 Å². The third-order valence-corrected chi connectivity index (χ3v) is 3.02. The maximum absolute atomic E-state index is 10.3. The molecule has 0 atom stereocenters. The van der Waals surface area contributed by atoms with Crippen molar-refractivity contribution in [2.24, 2.45) is 0 Å². The molecule has 0 fully saturated rings. The van der Waals surface area contributed by atoms with E-state index in [4.69, 9.17) is 0 Å². The van der Waals surface area contributed by atoms with Crippen molar-refractivity contribution in [1.29, 1.82) is 0 Å². The van der Waals surface area contributed by atoms with Crippen LogP contribution in [-0.2, 0) is 6.42 Å². The van der Waals surface area contributed by atoms with Gasteiger partial charge in [-0.25, -0.2) is 4.68 Å². The summed E-state index contributed by atoms with van der Waals surface area (Å²) in [5, 5.41) is 14.8. The van der Waals surface area contributed by atoms with Crippen molar-refractivity contribution in [3.63, 3.8) is 0 Å². The molecule has 0 saturated heterocycles. The zero-order chi connectivity index (χ0) is 13.1. The van der Waals surface area contributed by atoms with Crippen molar-refractivity contribution in [2.45, 2.75) is 39.7 Å². The second-order valence-electron chi connectivity index (χ2n) is 4.81. The van der Waals surface area contributed by atoms with Crippen molar-refractivity contribution in [1.82, 2.24) is 9.78 Å². The van der Waals surface area contributed by atoms with Gasteiger partial charge in [-0.2, -0.15) is 5.10 Å². The van der Waals surface area contributed by atoms with Gasteiger partial charge in [0.15, 0.2) is 0 Å². The summed E-state index contributed by atoms with van der Waals surface area (Å²) in [5.74, 6) is 0.311. The number of hydrogen-bond donors (Lipinski definition) is 1. The summed E-state index contributed by atoms with van der Waals surface area (Å²) in [7, 11) is 0. The molecule has 96 valence electrons. The van der Waals surface area contributed by atoms with E-state index >= 15 is 0 Å². The predicted octanol–water partition coefficient (Wildman–Crippen LogP) is 3.79. The van der Waals surface area contributed by atoms with Gasteiger partial charge in [-0.3, -0.25) is 0 Å². The number of hydrogen-bond acceptors (Lipinski definition) is 2. The molecule has 0 bridgehead atoms. The van der Waals surface area contributed by atoms with Crippen molar-refractivity contribution in [2.75, 3.05) is 0 Å². The van der Waals surface area contributed by atoms with Gasteiger partial charge in [-0.05, 0) is 20.3 Å². The molecule has 3 heteroatoms. The lowest BCUT2D eigenvalue weighted by atomic mass is 10.0. The lowest BCUT2D eigenvalue weighted by Crippen LogP contribution is -2.02. The molecule has 0 aliphatic carbocycles. The van der Waals surface area contributed by atoms with Crippen molar-refractivity contribution < 1.29 is 5.11 Å². The van der Waals surface area contributed by atoms with E-state index in [2.05, 4.69) is 12.0 Å². The minimum absolute atomic E-state index is 0.165. The maximum Gasteiger partial charge on any atom is 0.213 e. The van der Waals surface area contributed by atoms with E-state index in [0.717, 1.165) is 29.7 Å². The third kappa shape index (κ3) is 2.26. The molecule has 3 nitrogen and oxygen atoms in total. The molecule has 0 unspecified atom stereocenters. The molecular weight excluding hydrogens is 224 g/mol. The smallest absolute Gasteiger partial charge is 0.213 e. The largest absolute Gasteiger partial charge is 0.493 e. The summed E-state index contributed by atoms with van der Waals surface area (Å²) in [4.78, 5) is 0. The quantitative estimate of drug-likeness (QED) is 0.888. The highest BCUT2D eigenvalue weighted by molar-refractivity contribution is 5.65. The summed E-state index contributed by atoms with van der Waals surface area (Å²) >= 11 is 0. The van der Waals surface area contributed by atoms with E-state index in [-0.39, 0.29) is 6.04 Å². The van der Waals surface area contributed by atoms with Gasteiger partial charge in [0.05, 0.1) is 11.7 Å². The average molecular weight is 244 g/mol. The van der Waals surface area contributed by atoms with Gasteiger partial charge < -0.3 is 5.11 Å². The van der Waals surface area contributed by atoms with Gasteiger partial charge in [-0.1, -0.05) is 43.7 Å². The molecule has 0 spiro atoms. The Morgan fingerprint density at radius 3 is 2.44 bits per heavy atom. The van der Waals surface area contributed by atoms with Gasteiger partial charge in [-0.15, -0.1) is 0 Å². The van der Waals surface area contributed by atoms with Crippen LogP contribution in [0.4, 0.5) is 0 Å². The van der Waals surface area contributed by atoms with E-state index in [1.807, 2.05) is 44.2 Å². The summed E-state index contributed by atoms with van der Waals surface area (Å²) in [6.45, 7) is 6.16. The summed E-state index contributed by atoms with van der Waals surface area (Å²) in [5.41, 5.74) is 2.93. The Labute approximate surface area is 108 Å². The zero-order valence-corrected chi connectivity index (χ0v) is 11.2. The van der Waals surface area contributed by atoms with E-state index < -0.39 is 0 Å². The topological polar surface area (TPSA) is 38.0 Å². The van der Waals surface area contributed by atoms with Crippen LogP contribution in [0.15, 0.2) is 30.3 Å². The normalized spacial score (nSPS) is 11.1. The van der Waals surface area contributed by atoms with Crippen LogP contribution in [0.2, 0.25) is 0 Å². The van der Waals surface area contributed by atoms with Crippen molar-refractivity contribution >= 4 is 0 Å². The molecule has 0 aliphatic rings.